The molecule has 0 aromatic heterocycles. The number of hydrogen-bond donors (Lipinski definition) is 0. The Morgan fingerprint density at radius 2 is 1.76 bits per heavy atom. The van der Waals surface area contributed by atoms with Crippen LogP contribution in [0.15, 0.2) is 71.6 Å². The molecular weight excluding hydrogens is 483 g/mol. The van der Waals surface area contributed by atoms with Gasteiger partial charge in [0, 0.05) is 52.2 Å². The van der Waals surface area contributed by atoms with Gasteiger partial charge in [-0.2, -0.15) is 0 Å². The largest absolute Gasteiger partial charge is 0.489 e. The zero-order chi connectivity index (χ0) is 22.9. The molecule has 0 aliphatic carbocycles. The molecule has 0 spiro atoms. The molecule has 0 radical (unpaired) electrons. The molecule has 0 amide bonds. The van der Waals surface area contributed by atoms with Crippen molar-refractivity contribution in [2.24, 2.45) is 0 Å². The summed E-state index contributed by atoms with van der Waals surface area (Å²) in [7, 11) is -2.57. The zero-order valence-electron chi connectivity index (χ0n) is 17.7. The lowest BCUT2D eigenvalue weighted by Crippen LogP contribution is -2.39. The second kappa shape index (κ2) is 9.44. The fourth-order valence-corrected chi connectivity index (χ4v) is 6.67. The van der Waals surface area contributed by atoms with Gasteiger partial charge in [0.15, 0.2) is 11.0 Å². The van der Waals surface area contributed by atoms with Gasteiger partial charge in [-0.05, 0) is 42.0 Å². The predicted molar refractivity (Wildman–Crippen MR) is 132 cm³/mol. The normalized spacial score (nSPS) is 19.6. The third-order valence-corrected chi connectivity index (χ3v) is 8.91. The highest BCUT2D eigenvalue weighted by atomic mass is 35.5. The van der Waals surface area contributed by atoms with Crippen LogP contribution in [-0.2, 0) is 21.8 Å². The van der Waals surface area contributed by atoms with Crippen molar-refractivity contribution in [1.82, 2.24) is 0 Å². The summed E-state index contributed by atoms with van der Waals surface area (Å²) in [5, 5.41) is 0.602. The first-order valence-corrected chi connectivity index (χ1v) is 13.6. The lowest BCUT2D eigenvalue weighted by atomic mass is 10.1. The number of hydrogen-bond acceptors (Lipinski definition) is 4. The predicted octanol–water partition coefficient (Wildman–Crippen LogP) is 4.71. The molecule has 2 heterocycles. The van der Waals surface area contributed by atoms with Crippen molar-refractivity contribution in [2.45, 2.75) is 10.9 Å². The molecule has 2 unspecified atom stereocenters. The minimum absolute atomic E-state index is 0.117. The van der Waals surface area contributed by atoms with Gasteiger partial charge in [0.2, 0.25) is 0 Å². The fourth-order valence-electron chi connectivity index (χ4n) is 4.11. The van der Waals surface area contributed by atoms with Crippen molar-refractivity contribution in [2.75, 3.05) is 40.4 Å². The number of anilines is 2. The molecule has 3 aromatic rings. The highest BCUT2D eigenvalue weighted by molar-refractivity contribution is 7.86. The summed E-state index contributed by atoms with van der Waals surface area (Å²) in [6.07, 6.45) is 0. The SMILES string of the molecule is O=S1CCN(c2ccc3c(c2)OCC(c2ccc(Cl)cc2)N3S(=O)c2ccccc2F)CC1. The van der Waals surface area contributed by atoms with E-state index in [1.165, 1.54) is 6.07 Å². The molecule has 2 aliphatic heterocycles. The summed E-state index contributed by atoms with van der Waals surface area (Å²) < 4.78 is 47.9. The Bertz CT molecular complexity index is 1210. The summed E-state index contributed by atoms with van der Waals surface area (Å²) >= 11 is 6.07. The maximum absolute atomic E-state index is 14.6. The lowest BCUT2D eigenvalue weighted by Gasteiger charge is -2.38. The Morgan fingerprint density at radius 3 is 2.48 bits per heavy atom. The number of benzene rings is 3. The first-order chi connectivity index (χ1) is 16.0. The minimum Gasteiger partial charge on any atom is -0.489 e. The molecule has 5 rings (SSSR count). The second-order valence-electron chi connectivity index (χ2n) is 7.87. The highest BCUT2D eigenvalue weighted by Crippen LogP contribution is 2.44. The third-order valence-electron chi connectivity index (χ3n) is 5.86. The van der Waals surface area contributed by atoms with E-state index in [-0.39, 0.29) is 11.5 Å². The van der Waals surface area contributed by atoms with Crippen LogP contribution < -0.4 is 13.9 Å². The van der Waals surface area contributed by atoms with E-state index in [4.69, 9.17) is 16.3 Å². The average Bonchev–Trinajstić information content (AvgIpc) is 2.84. The first-order valence-electron chi connectivity index (χ1n) is 10.6. The zero-order valence-corrected chi connectivity index (χ0v) is 20.0. The van der Waals surface area contributed by atoms with Crippen molar-refractivity contribution < 1.29 is 17.5 Å². The molecular formula is C24H22ClFN2O3S2. The van der Waals surface area contributed by atoms with Crippen LogP contribution in [0.2, 0.25) is 5.02 Å². The van der Waals surface area contributed by atoms with Crippen LogP contribution in [0.25, 0.3) is 0 Å². The highest BCUT2D eigenvalue weighted by Gasteiger charge is 2.35. The summed E-state index contributed by atoms with van der Waals surface area (Å²) in [4.78, 5) is 2.29. The summed E-state index contributed by atoms with van der Waals surface area (Å²) in [6.45, 7) is 1.68. The molecule has 33 heavy (non-hydrogen) atoms. The molecule has 0 N–H and O–H groups in total. The molecule has 0 bridgehead atoms. The molecule has 2 aliphatic rings. The number of halogens is 2. The summed E-state index contributed by atoms with van der Waals surface area (Å²) in [6, 6.07) is 18.8. The van der Waals surface area contributed by atoms with Crippen molar-refractivity contribution >= 4 is 44.8 Å². The van der Waals surface area contributed by atoms with Crippen LogP contribution in [0.4, 0.5) is 15.8 Å². The molecule has 3 aromatic carbocycles. The maximum atomic E-state index is 14.6. The van der Waals surface area contributed by atoms with Gasteiger partial charge < -0.3 is 9.64 Å². The molecule has 5 nitrogen and oxygen atoms in total. The number of rotatable bonds is 4. The Labute approximate surface area is 202 Å². The number of nitrogens with zero attached hydrogens (tertiary/aromatic N) is 2. The van der Waals surface area contributed by atoms with Crippen LogP contribution in [0, 0.1) is 5.82 Å². The summed E-state index contributed by atoms with van der Waals surface area (Å²) in [5.41, 5.74) is 2.47. The topological polar surface area (TPSA) is 49.9 Å². The van der Waals surface area contributed by atoms with Gasteiger partial charge in [-0.3, -0.25) is 8.51 Å². The fraction of sp³-hybridized carbons (Fsp3) is 0.250. The Morgan fingerprint density at radius 1 is 1.03 bits per heavy atom. The Balaban J connectivity index is 1.55. The minimum atomic E-state index is -1.80. The van der Waals surface area contributed by atoms with E-state index in [0.29, 0.717) is 41.1 Å². The van der Waals surface area contributed by atoms with Crippen molar-refractivity contribution in [3.63, 3.8) is 0 Å². The van der Waals surface area contributed by atoms with E-state index < -0.39 is 33.6 Å². The van der Waals surface area contributed by atoms with Crippen LogP contribution in [0.5, 0.6) is 5.75 Å². The molecule has 2 atom stereocenters. The van der Waals surface area contributed by atoms with Crippen LogP contribution in [0.1, 0.15) is 11.6 Å². The quantitative estimate of drug-likeness (QED) is 0.516. The van der Waals surface area contributed by atoms with E-state index in [1.807, 2.05) is 30.3 Å². The van der Waals surface area contributed by atoms with Gasteiger partial charge in [0.05, 0.1) is 10.6 Å². The second-order valence-corrected chi connectivity index (χ2v) is 11.3. The third kappa shape index (κ3) is 4.52. The van der Waals surface area contributed by atoms with E-state index in [1.54, 1.807) is 34.6 Å². The van der Waals surface area contributed by atoms with Crippen LogP contribution in [-0.4, -0.2) is 39.6 Å². The van der Waals surface area contributed by atoms with E-state index in [2.05, 4.69) is 4.90 Å². The van der Waals surface area contributed by atoms with Gasteiger partial charge >= 0.3 is 0 Å². The summed E-state index contributed by atoms with van der Waals surface area (Å²) in [5.74, 6) is 1.35. The van der Waals surface area contributed by atoms with E-state index in [9.17, 15) is 12.8 Å². The molecule has 0 saturated carbocycles. The molecule has 172 valence electrons. The standard InChI is InChI=1S/C24H22ClFN2O3S2/c25-18-7-5-17(6-8-18)22-16-31-23-15-19(27-11-13-32(29)14-12-27)9-10-21(23)28(22)33(30)24-4-2-1-3-20(24)26/h1-10,15,22H,11-14,16H2. The van der Waals surface area contributed by atoms with Crippen LogP contribution in [0.3, 0.4) is 0 Å². The van der Waals surface area contributed by atoms with Gasteiger partial charge in [0.25, 0.3) is 0 Å². The van der Waals surface area contributed by atoms with Gasteiger partial charge in [-0.1, -0.05) is 35.9 Å². The average molecular weight is 505 g/mol. The Hall–Kier alpha value is -2.42. The maximum Gasteiger partial charge on any atom is 0.156 e. The Kier molecular flexibility index (Phi) is 6.40. The lowest BCUT2D eigenvalue weighted by molar-refractivity contribution is 0.277. The van der Waals surface area contributed by atoms with Crippen molar-refractivity contribution in [3.8, 4) is 5.75 Å². The van der Waals surface area contributed by atoms with E-state index >= 15 is 0 Å². The first kappa shape index (κ1) is 22.4. The van der Waals surface area contributed by atoms with Gasteiger partial charge in [-0.15, -0.1) is 0 Å². The van der Waals surface area contributed by atoms with Crippen molar-refractivity contribution in [1.29, 1.82) is 0 Å². The smallest absolute Gasteiger partial charge is 0.156 e. The number of fused-ring (bicyclic) bond motifs is 1. The number of ether oxygens (including phenoxy) is 1. The molecule has 9 heteroatoms. The molecule has 1 fully saturated rings. The van der Waals surface area contributed by atoms with Gasteiger partial charge in [-0.25, -0.2) is 8.60 Å². The molecule has 1 saturated heterocycles. The van der Waals surface area contributed by atoms with Crippen LogP contribution >= 0.6 is 11.6 Å². The van der Waals surface area contributed by atoms with E-state index in [0.717, 1.165) is 11.3 Å². The van der Waals surface area contributed by atoms with Gasteiger partial charge in [0.1, 0.15) is 24.2 Å². The monoisotopic (exact) mass is 504 g/mol. The van der Waals surface area contributed by atoms with Crippen molar-refractivity contribution in [3.05, 3.63) is 83.1 Å².